The molecule has 1 saturated heterocycles. The first-order valence-electron chi connectivity index (χ1n) is 6.97. The van der Waals surface area contributed by atoms with Gasteiger partial charge < -0.3 is 16.0 Å². The molecule has 0 bridgehead atoms. The van der Waals surface area contributed by atoms with Crippen LogP contribution >= 0.6 is 0 Å². The lowest BCUT2D eigenvalue weighted by molar-refractivity contribution is -0.147. The van der Waals surface area contributed by atoms with Crippen LogP contribution in [0.25, 0.3) is 0 Å². The number of nitrogens with two attached hydrogens (primary N) is 1. The SMILES string of the molecule is CCC1C(=O)NCCN1C(=O)C1CCC(N)CC1. The van der Waals surface area contributed by atoms with E-state index in [1.165, 1.54) is 0 Å². The Kier molecular flexibility index (Phi) is 4.22. The highest BCUT2D eigenvalue weighted by Gasteiger charge is 2.35. The summed E-state index contributed by atoms with van der Waals surface area (Å²) in [6.45, 7) is 3.17. The van der Waals surface area contributed by atoms with Crippen LogP contribution in [0, 0.1) is 5.92 Å². The molecule has 5 heteroatoms. The number of rotatable bonds is 2. The Balaban J connectivity index is 2.00. The van der Waals surface area contributed by atoms with Gasteiger partial charge in [0.05, 0.1) is 0 Å². The summed E-state index contributed by atoms with van der Waals surface area (Å²) in [5, 5.41) is 2.83. The van der Waals surface area contributed by atoms with Gasteiger partial charge in [-0.05, 0) is 32.1 Å². The molecule has 0 aromatic heterocycles. The van der Waals surface area contributed by atoms with Crippen molar-refractivity contribution in [3.05, 3.63) is 0 Å². The summed E-state index contributed by atoms with van der Waals surface area (Å²) in [5.74, 6) is 0.220. The van der Waals surface area contributed by atoms with Gasteiger partial charge in [-0.15, -0.1) is 0 Å². The van der Waals surface area contributed by atoms with Gasteiger partial charge in [-0.3, -0.25) is 9.59 Å². The van der Waals surface area contributed by atoms with E-state index < -0.39 is 0 Å². The zero-order valence-corrected chi connectivity index (χ0v) is 11.0. The van der Waals surface area contributed by atoms with Crippen LogP contribution in [0.4, 0.5) is 0 Å². The van der Waals surface area contributed by atoms with E-state index in [4.69, 9.17) is 5.73 Å². The predicted octanol–water partition coefficient (Wildman–Crippen LogP) is 0.241. The fraction of sp³-hybridized carbons (Fsp3) is 0.846. The molecule has 1 saturated carbocycles. The van der Waals surface area contributed by atoms with Crippen molar-refractivity contribution in [2.75, 3.05) is 13.1 Å². The smallest absolute Gasteiger partial charge is 0.242 e. The highest BCUT2D eigenvalue weighted by atomic mass is 16.2. The molecule has 3 N–H and O–H groups in total. The molecule has 1 unspecified atom stereocenters. The molecule has 0 spiro atoms. The molecule has 2 rings (SSSR count). The van der Waals surface area contributed by atoms with Gasteiger partial charge in [0.15, 0.2) is 0 Å². The minimum atomic E-state index is -0.276. The normalized spacial score (nSPS) is 33.1. The molecule has 2 fully saturated rings. The molecule has 2 aliphatic rings. The zero-order valence-electron chi connectivity index (χ0n) is 11.0. The highest BCUT2D eigenvalue weighted by Crippen LogP contribution is 2.26. The predicted molar refractivity (Wildman–Crippen MR) is 68.7 cm³/mol. The van der Waals surface area contributed by atoms with Gasteiger partial charge in [0.2, 0.25) is 11.8 Å². The van der Waals surface area contributed by atoms with E-state index in [-0.39, 0.29) is 29.8 Å². The van der Waals surface area contributed by atoms with E-state index in [0.29, 0.717) is 19.5 Å². The summed E-state index contributed by atoms with van der Waals surface area (Å²) >= 11 is 0. The Morgan fingerprint density at radius 3 is 2.67 bits per heavy atom. The van der Waals surface area contributed by atoms with E-state index in [2.05, 4.69) is 5.32 Å². The van der Waals surface area contributed by atoms with Crippen molar-refractivity contribution in [3.63, 3.8) is 0 Å². The zero-order chi connectivity index (χ0) is 13.1. The Hall–Kier alpha value is -1.10. The molecule has 102 valence electrons. The summed E-state index contributed by atoms with van der Waals surface area (Å²) in [4.78, 5) is 26.0. The quantitative estimate of drug-likeness (QED) is 0.740. The molecule has 0 radical (unpaired) electrons. The largest absolute Gasteiger partial charge is 0.353 e. The van der Waals surface area contributed by atoms with Gasteiger partial charge in [-0.25, -0.2) is 0 Å². The van der Waals surface area contributed by atoms with Crippen LogP contribution in [0.15, 0.2) is 0 Å². The maximum Gasteiger partial charge on any atom is 0.242 e. The summed E-state index contributed by atoms with van der Waals surface area (Å²) < 4.78 is 0. The van der Waals surface area contributed by atoms with Gasteiger partial charge in [0.25, 0.3) is 0 Å². The number of hydrogen-bond acceptors (Lipinski definition) is 3. The Morgan fingerprint density at radius 1 is 1.39 bits per heavy atom. The van der Waals surface area contributed by atoms with Crippen LogP contribution in [0.2, 0.25) is 0 Å². The van der Waals surface area contributed by atoms with Crippen molar-refractivity contribution in [1.82, 2.24) is 10.2 Å². The average molecular weight is 253 g/mol. The molecule has 2 amide bonds. The molecular formula is C13H23N3O2. The van der Waals surface area contributed by atoms with E-state index in [9.17, 15) is 9.59 Å². The second-order valence-electron chi connectivity index (χ2n) is 5.36. The first-order chi connectivity index (χ1) is 8.63. The maximum atomic E-state index is 12.5. The van der Waals surface area contributed by atoms with Gasteiger partial charge in [0.1, 0.15) is 6.04 Å². The Morgan fingerprint density at radius 2 is 2.06 bits per heavy atom. The van der Waals surface area contributed by atoms with Crippen molar-refractivity contribution in [2.24, 2.45) is 11.7 Å². The van der Waals surface area contributed by atoms with Gasteiger partial charge in [-0.1, -0.05) is 6.92 Å². The molecule has 1 atom stereocenters. The number of nitrogens with zero attached hydrogens (tertiary/aromatic N) is 1. The Labute approximate surface area is 108 Å². The van der Waals surface area contributed by atoms with Crippen molar-refractivity contribution in [2.45, 2.75) is 51.1 Å². The maximum absolute atomic E-state index is 12.5. The molecule has 5 nitrogen and oxygen atoms in total. The third kappa shape index (κ3) is 2.66. The van der Waals surface area contributed by atoms with Crippen LogP contribution < -0.4 is 11.1 Å². The third-order valence-corrected chi connectivity index (χ3v) is 4.12. The molecule has 1 heterocycles. The lowest BCUT2D eigenvalue weighted by Crippen LogP contribution is -2.58. The molecule has 0 aromatic carbocycles. The van der Waals surface area contributed by atoms with E-state index in [0.717, 1.165) is 25.7 Å². The van der Waals surface area contributed by atoms with Crippen LogP contribution in [0.5, 0.6) is 0 Å². The topological polar surface area (TPSA) is 75.4 Å². The Bertz CT molecular complexity index is 324. The van der Waals surface area contributed by atoms with Crippen molar-refractivity contribution < 1.29 is 9.59 Å². The fourth-order valence-electron chi connectivity index (χ4n) is 2.98. The molecular weight excluding hydrogens is 230 g/mol. The van der Waals surface area contributed by atoms with Crippen molar-refractivity contribution in [1.29, 1.82) is 0 Å². The molecule has 0 aromatic rings. The highest BCUT2D eigenvalue weighted by molar-refractivity contribution is 5.89. The third-order valence-electron chi connectivity index (χ3n) is 4.12. The monoisotopic (exact) mass is 253 g/mol. The number of piperazine rings is 1. The van der Waals surface area contributed by atoms with E-state index >= 15 is 0 Å². The van der Waals surface area contributed by atoms with Gasteiger partial charge >= 0.3 is 0 Å². The summed E-state index contributed by atoms with van der Waals surface area (Å²) in [6, 6.07) is -0.0254. The second-order valence-corrected chi connectivity index (χ2v) is 5.36. The van der Waals surface area contributed by atoms with Gasteiger partial charge in [-0.2, -0.15) is 0 Å². The lowest BCUT2D eigenvalue weighted by atomic mass is 9.85. The number of carbonyl (C=O) groups is 2. The first-order valence-corrected chi connectivity index (χ1v) is 6.97. The van der Waals surface area contributed by atoms with Crippen LogP contribution in [-0.2, 0) is 9.59 Å². The average Bonchev–Trinajstić information content (AvgIpc) is 2.38. The summed E-state index contributed by atoms with van der Waals surface area (Å²) in [6.07, 6.45) is 4.27. The van der Waals surface area contributed by atoms with Crippen molar-refractivity contribution in [3.8, 4) is 0 Å². The van der Waals surface area contributed by atoms with Gasteiger partial charge in [0, 0.05) is 25.0 Å². The minimum absolute atomic E-state index is 0.00962. The van der Waals surface area contributed by atoms with E-state index in [1.807, 2.05) is 6.92 Å². The standard InChI is InChI=1S/C13H23N3O2/c1-2-11-12(17)15-7-8-16(11)13(18)9-3-5-10(14)6-4-9/h9-11H,2-8,14H2,1H3,(H,15,17). The number of amides is 2. The lowest BCUT2D eigenvalue weighted by Gasteiger charge is -2.38. The minimum Gasteiger partial charge on any atom is -0.353 e. The van der Waals surface area contributed by atoms with Crippen LogP contribution in [0.1, 0.15) is 39.0 Å². The van der Waals surface area contributed by atoms with Crippen molar-refractivity contribution >= 4 is 11.8 Å². The van der Waals surface area contributed by atoms with Crippen LogP contribution in [0.3, 0.4) is 0 Å². The molecule has 1 aliphatic carbocycles. The number of hydrogen-bond donors (Lipinski definition) is 2. The summed E-state index contributed by atoms with van der Waals surface area (Å²) in [7, 11) is 0. The first kappa shape index (κ1) is 13.3. The number of nitrogens with one attached hydrogen (secondary N) is 1. The number of carbonyl (C=O) groups excluding carboxylic acids is 2. The van der Waals surface area contributed by atoms with E-state index in [1.54, 1.807) is 4.90 Å². The molecule has 18 heavy (non-hydrogen) atoms. The second kappa shape index (κ2) is 5.69. The van der Waals surface area contributed by atoms with Crippen LogP contribution in [-0.4, -0.2) is 41.9 Å². The summed E-state index contributed by atoms with van der Waals surface area (Å²) in [5.41, 5.74) is 5.86. The fourth-order valence-corrected chi connectivity index (χ4v) is 2.98. The molecule has 1 aliphatic heterocycles.